The van der Waals surface area contributed by atoms with Crippen LogP contribution in [-0.4, -0.2) is 22.4 Å². The van der Waals surface area contributed by atoms with Crippen molar-refractivity contribution in [2.75, 3.05) is 6.61 Å². The van der Waals surface area contributed by atoms with E-state index in [1.165, 1.54) is 6.42 Å². The average molecular weight is 212 g/mol. The molecule has 2 N–H and O–H groups in total. The molecule has 4 atom stereocenters. The summed E-state index contributed by atoms with van der Waals surface area (Å²) in [6.45, 7) is 8.85. The Morgan fingerprint density at radius 1 is 1.33 bits per heavy atom. The molecule has 0 aromatic rings. The number of rotatable bonds is 2. The van der Waals surface area contributed by atoms with Crippen molar-refractivity contribution < 1.29 is 10.2 Å². The Balaban J connectivity index is 2.40. The lowest BCUT2D eigenvalue weighted by Gasteiger charge is -2.48. The molecule has 15 heavy (non-hydrogen) atoms. The summed E-state index contributed by atoms with van der Waals surface area (Å²) in [5.41, 5.74) is -0.466. The van der Waals surface area contributed by atoms with Gasteiger partial charge in [-0.2, -0.15) is 0 Å². The second-order valence-corrected chi connectivity index (χ2v) is 6.50. The van der Waals surface area contributed by atoms with Crippen LogP contribution in [0.2, 0.25) is 0 Å². The van der Waals surface area contributed by atoms with Crippen LogP contribution in [0.1, 0.15) is 47.0 Å². The molecule has 2 aliphatic carbocycles. The van der Waals surface area contributed by atoms with Crippen LogP contribution in [0.3, 0.4) is 0 Å². The van der Waals surface area contributed by atoms with Gasteiger partial charge in [-0.05, 0) is 30.6 Å². The highest BCUT2D eigenvalue weighted by Crippen LogP contribution is 2.71. The Morgan fingerprint density at radius 2 is 1.93 bits per heavy atom. The summed E-state index contributed by atoms with van der Waals surface area (Å²) in [6, 6.07) is 0. The average Bonchev–Trinajstić information content (AvgIpc) is 2.48. The van der Waals surface area contributed by atoms with Crippen LogP contribution < -0.4 is 0 Å². The summed E-state index contributed by atoms with van der Waals surface area (Å²) < 4.78 is 0. The van der Waals surface area contributed by atoms with Gasteiger partial charge >= 0.3 is 0 Å². The first-order chi connectivity index (χ1) is 6.79. The Morgan fingerprint density at radius 3 is 2.27 bits per heavy atom. The lowest BCUT2D eigenvalue weighted by atomic mass is 9.61. The van der Waals surface area contributed by atoms with E-state index in [4.69, 9.17) is 0 Å². The highest BCUT2D eigenvalue weighted by molar-refractivity contribution is 5.18. The molecular formula is C13H24O2. The number of fused-ring (bicyclic) bond motifs is 2. The van der Waals surface area contributed by atoms with Crippen molar-refractivity contribution in [3.63, 3.8) is 0 Å². The Labute approximate surface area is 92.7 Å². The molecule has 2 saturated carbocycles. The van der Waals surface area contributed by atoms with E-state index in [0.29, 0.717) is 5.92 Å². The second-order valence-electron chi connectivity index (χ2n) is 6.50. The van der Waals surface area contributed by atoms with E-state index in [1.807, 2.05) is 6.92 Å². The summed E-state index contributed by atoms with van der Waals surface area (Å²) in [5, 5.41) is 20.2. The smallest absolute Gasteiger partial charge is 0.0756 e. The minimum atomic E-state index is -0.659. The van der Waals surface area contributed by atoms with E-state index < -0.39 is 5.60 Å². The normalized spacial score (nSPS) is 49.6. The quantitative estimate of drug-likeness (QED) is 0.736. The predicted molar refractivity (Wildman–Crippen MR) is 60.4 cm³/mol. The van der Waals surface area contributed by atoms with Crippen molar-refractivity contribution in [1.82, 2.24) is 0 Å². The van der Waals surface area contributed by atoms with Crippen molar-refractivity contribution in [3.05, 3.63) is 0 Å². The van der Waals surface area contributed by atoms with Gasteiger partial charge in [0.2, 0.25) is 0 Å². The topological polar surface area (TPSA) is 40.5 Å². The Hall–Kier alpha value is -0.0800. The fourth-order valence-corrected chi connectivity index (χ4v) is 4.22. The zero-order valence-corrected chi connectivity index (χ0v) is 10.4. The highest BCUT2D eigenvalue weighted by Gasteiger charge is 2.69. The molecule has 0 aromatic heterocycles. The van der Waals surface area contributed by atoms with Crippen LogP contribution in [0.5, 0.6) is 0 Å². The van der Waals surface area contributed by atoms with Gasteiger partial charge in [-0.1, -0.05) is 27.7 Å². The van der Waals surface area contributed by atoms with Crippen LogP contribution in [0.15, 0.2) is 0 Å². The maximum atomic E-state index is 10.9. The standard InChI is InChI=1S/C13H24O2/c1-9(8-14)13(15)7-10-5-6-12(13,4)11(10,2)3/h9-10,14-15H,5-8H2,1-4H3. The van der Waals surface area contributed by atoms with Gasteiger partial charge in [0.1, 0.15) is 0 Å². The minimum Gasteiger partial charge on any atom is -0.396 e. The first-order valence-corrected chi connectivity index (χ1v) is 6.13. The van der Waals surface area contributed by atoms with Crippen molar-refractivity contribution in [2.45, 2.75) is 52.6 Å². The highest BCUT2D eigenvalue weighted by atomic mass is 16.3. The molecule has 0 heterocycles. The van der Waals surface area contributed by atoms with Gasteiger partial charge in [-0.15, -0.1) is 0 Å². The zero-order valence-electron chi connectivity index (χ0n) is 10.4. The van der Waals surface area contributed by atoms with Gasteiger partial charge in [0, 0.05) is 17.9 Å². The van der Waals surface area contributed by atoms with Crippen LogP contribution in [0.25, 0.3) is 0 Å². The van der Waals surface area contributed by atoms with Crippen molar-refractivity contribution in [1.29, 1.82) is 0 Å². The van der Waals surface area contributed by atoms with Crippen molar-refractivity contribution >= 4 is 0 Å². The molecule has 0 radical (unpaired) electrons. The molecule has 2 rings (SSSR count). The number of aliphatic hydroxyl groups excluding tert-OH is 1. The van der Waals surface area contributed by atoms with Crippen LogP contribution >= 0.6 is 0 Å². The van der Waals surface area contributed by atoms with Crippen molar-refractivity contribution in [3.8, 4) is 0 Å². The molecule has 2 fully saturated rings. The largest absolute Gasteiger partial charge is 0.396 e. The predicted octanol–water partition coefficient (Wildman–Crippen LogP) is 2.19. The summed E-state index contributed by atoms with van der Waals surface area (Å²) >= 11 is 0. The van der Waals surface area contributed by atoms with Gasteiger partial charge in [0.25, 0.3) is 0 Å². The van der Waals surface area contributed by atoms with Gasteiger partial charge in [0.05, 0.1) is 5.60 Å². The molecule has 4 unspecified atom stereocenters. The van der Waals surface area contributed by atoms with E-state index in [-0.39, 0.29) is 23.4 Å². The van der Waals surface area contributed by atoms with Crippen LogP contribution in [-0.2, 0) is 0 Å². The van der Waals surface area contributed by atoms with E-state index in [9.17, 15) is 10.2 Å². The SMILES string of the molecule is CC(CO)C1(O)CC2CCC1(C)C2(C)C. The molecule has 0 saturated heterocycles. The molecule has 2 aliphatic rings. The summed E-state index contributed by atoms with van der Waals surface area (Å²) in [7, 11) is 0. The molecule has 2 nitrogen and oxygen atoms in total. The monoisotopic (exact) mass is 212 g/mol. The maximum absolute atomic E-state index is 10.9. The third-order valence-corrected chi connectivity index (χ3v) is 6.04. The van der Waals surface area contributed by atoms with E-state index in [0.717, 1.165) is 12.8 Å². The molecule has 2 heteroatoms. The van der Waals surface area contributed by atoms with E-state index in [1.54, 1.807) is 0 Å². The van der Waals surface area contributed by atoms with Gasteiger partial charge < -0.3 is 10.2 Å². The number of hydrogen-bond donors (Lipinski definition) is 2. The molecule has 0 amide bonds. The van der Waals surface area contributed by atoms with Crippen LogP contribution in [0.4, 0.5) is 0 Å². The zero-order chi connectivity index (χ0) is 11.5. The Bertz CT molecular complexity index is 274. The molecule has 2 bridgehead atoms. The fourth-order valence-electron chi connectivity index (χ4n) is 4.22. The van der Waals surface area contributed by atoms with Crippen molar-refractivity contribution in [2.24, 2.45) is 22.7 Å². The number of aliphatic hydroxyl groups is 2. The summed E-state index contributed by atoms with van der Waals surface area (Å²) in [5.74, 6) is 0.619. The summed E-state index contributed by atoms with van der Waals surface area (Å²) in [4.78, 5) is 0. The van der Waals surface area contributed by atoms with Gasteiger partial charge in [-0.25, -0.2) is 0 Å². The Kier molecular flexibility index (Phi) is 2.27. The molecule has 88 valence electrons. The first-order valence-electron chi connectivity index (χ1n) is 6.13. The lowest BCUT2D eigenvalue weighted by Crippen LogP contribution is -2.52. The minimum absolute atomic E-state index is 0.00734. The fraction of sp³-hybridized carbons (Fsp3) is 1.00. The first kappa shape index (κ1) is 11.4. The third-order valence-electron chi connectivity index (χ3n) is 6.04. The van der Waals surface area contributed by atoms with Gasteiger partial charge in [0.15, 0.2) is 0 Å². The lowest BCUT2D eigenvalue weighted by molar-refractivity contribution is -0.135. The van der Waals surface area contributed by atoms with Gasteiger partial charge in [-0.3, -0.25) is 0 Å². The molecular weight excluding hydrogens is 188 g/mol. The molecule has 0 spiro atoms. The van der Waals surface area contributed by atoms with E-state index >= 15 is 0 Å². The molecule has 0 aromatic carbocycles. The molecule has 0 aliphatic heterocycles. The van der Waals surface area contributed by atoms with Crippen LogP contribution in [0, 0.1) is 22.7 Å². The third kappa shape index (κ3) is 1.07. The number of hydrogen-bond acceptors (Lipinski definition) is 2. The second kappa shape index (κ2) is 2.98. The maximum Gasteiger partial charge on any atom is 0.0756 e. The van der Waals surface area contributed by atoms with E-state index in [2.05, 4.69) is 20.8 Å². The summed E-state index contributed by atoms with van der Waals surface area (Å²) in [6.07, 6.45) is 3.22.